The summed E-state index contributed by atoms with van der Waals surface area (Å²) in [6.45, 7) is 1.88. The lowest BCUT2D eigenvalue weighted by Gasteiger charge is -2.36. The minimum absolute atomic E-state index is 0.0104. The van der Waals surface area contributed by atoms with Gasteiger partial charge in [0.2, 0.25) is 0 Å². The number of thioether (sulfide) groups is 1. The summed E-state index contributed by atoms with van der Waals surface area (Å²) in [5.74, 6) is -0.0443. The lowest BCUT2D eigenvalue weighted by molar-refractivity contribution is -0.123. The first kappa shape index (κ1) is 14.1. The van der Waals surface area contributed by atoms with Crippen LogP contribution in [0.5, 0.6) is 0 Å². The van der Waals surface area contributed by atoms with E-state index < -0.39 is 0 Å². The van der Waals surface area contributed by atoms with Gasteiger partial charge in [-0.1, -0.05) is 19.1 Å². The van der Waals surface area contributed by atoms with Gasteiger partial charge in [-0.3, -0.25) is 4.79 Å². The summed E-state index contributed by atoms with van der Waals surface area (Å²) >= 11 is 1.77. The minimum atomic E-state index is -0.379. The number of hydrogen-bond donors (Lipinski definition) is 1. The molecule has 5 atom stereocenters. The summed E-state index contributed by atoms with van der Waals surface area (Å²) in [7, 11) is 0. The van der Waals surface area contributed by atoms with E-state index >= 15 is 0 Å². The molecule has 0 amide bonds. The molecule has 4 heteroatoms. The number of Topliss-reactive ketones (excluding diaryl/α,β-unsaturated/α-hetero) is 1. The van der Waals surface area contributed by atoms with Crippen molar-refractivity contribution in [3.8, 4) is 0 Å². The van der Waals surface area contributed by atoms with Gasteiger partial charge in [0.25, 0.3) is 0 Å². The van der Waals surface area contributed by atoms with Crippen LogP contribution in [0.2, 0.25) is 0 Å². The number of hydrogen-bond acceptors (Lipinski definition) is 3. The third kappa shape index (κ3) is 2.40. The van der Waals surface area contributed by atoms with E-state index in [9.17, 15) is 14.3 Å². The number of benzene rings is 1. The summed E-state index contributed by atoms with van der Waals surface area (Å²) in [4.78, 5) is 12.4. The molecular weight excluding hydrogens is 275 g/mol. The van der Waals surface area contributed by atoms with Crippen LogP contribution in [0.3, 0.4) is 0 Å². The molecule has 2 saturated heterocycles. The van der Waals surface area contributed by atoms with Crippen LogP contribution in [0.15, 0.2) is 24.3 Å². The average Bonchev–Trinajstić information content (AvgIpc) is 2.74. The molecular formula is C16H19FO2S. The van der Waals surface area contributed by atoms with Crippen LogP contribution in [0.4, 0.5) is 4.39 Å². The molecule has 20 heavy (non-hydrogen) atoms. The maximum Gasteiger partial charge on any atom is 0.137 e. The van der Waals surface area contributed by atoms with Crippen molar-refractivity contribution in [3.05, 3.63) is 35.6 Å². The Hall–Kier alpha value is -0.870. The number of aliphatic hydroxyl groups is 1. The topological polar surface area (TPSA) is 37.3 Å². The van der Waals surface area contributed by atoms with Crippen molar-refractivity contribution in [1.82, 2.24) is 0 Å². The van der Waals surface area contributed by atoms with Crippen molar-refractivity contribution in [2.45, 2.75) is 48.7 Å². The number of ketones is 1. The Labute approximate surface area is 122 Å². The fourth-order valence-electron chi connectivity index (χ4n) is 3.60. The van der Waals surface area contributed by atoms with E-state index in [0.717, 1.165) is 18.4 Å². The number of fused-ring (bicyclic) bond motifs is 2. The SMILES string of the molecule is CCC(=O)[C@H]1[C@H](c2ccc(F)cc2)CC2CC(O)[C@@H]1S2. The van der Waals surface area contributed by atoms with Crippen LogP contribution in [0.1, 0.15) is 37.7 Å². The van der Waals surface area contributed by atoms with Crippen LogP contribution in [0.25, 0.3) is 0 Å². The summed E-state index contributed by atoms with van der Waals surface area (Å²) in [6, 6.07) is 6.50. The van der Waals surface area contributed by atoms with Gasteiger partial charge in [0.1, 0.15) is 11.6 Å². The molecule has 2 heterocycles. The lowest BCUT2D eigenvalue weighted by Crippen LogP contribution is -2.38. The number of halogens is 1. The van der Waals surface area contributed by atoms with Crippen LogP contribution in [0, 0.1) is 11.7 Å². The molecule has 2 nitrogen and oxygen atoms in total. The van der Waals surface area contributed by atoms with Crippen LogP contribution >= 0.6 is 11.8 Å². The fraction of sp³-hybridized carbons (Fsp3) is 0.562. The van der Waals surface area contributed by atoms with Crippen molar-refractivity contribution in [1.29, 1.82) is 0 Å². The molecule has 1 N–H and O–H groups in total. The molecule has 0 spiro atoms. The molecule has 0 radical (unpaired) electrons. The Balaban J connectivity index is 1.95. The van der Waals surface area contributed by atoms with Gasteiger partial charge < -0.3 is 5.11 Å². The highest BCUT2D eigenvalue weighted by molar-refractivity contribution is 8.00. The summed E-state index contributed by atoms with van der Waals surface area (Å²) in [6.07, 6.45) is 1.80. The molecule has 0 aromatic heterocycles. The van der Waals surface area contributed by atoms with Gasteiger partial charge >= 0.3 is 0 Å². The monoisotopic (exact) mass is 294 g/mol. The molecule has 2 fully saturated rings. The number of rotatable bonds is 3. The van der Waals surface area contributed by atoms with Gasteiger partial charge in [0, 0.05) is 22.8 Å². The average molecular weight is 294 g/mol. The van der Waals surface area contributed by atoms with E-state index in [0.29, 0.717) is 11.7 Å². The van der Waals surface area contributed by atoms with Gasteiger partial charge in [-0.15, -0.1) is 0 Å². The van der Waals surface area contributed by atoms with Gasteiger partial charge in [-0.2, -0.15) is 11.8 Å². The van der Waals surface area contributed by atoms with Crippen molar-refractivity contribution in [2.75, 3.05) is 0 Å². The molecule has 0 saturated carbocycles. The quantitative estimate of drug-likeness (QED) is 0.930. The number of carbonyl (C=O) groups is 1. The van der Waals surface area contributed by atoms with E-state index in [1.165, 1.54) is 12.1 Å². The molecule has 2 aliphatic rings. The van der Waals surface area contributed by atoms with E-state index in [1.807, 2.05) is 6.92 Å². The minimum Gasteiger partial charge on any atom is -0.392 e. The second-order valence-corrected chi connectivity index (χ2v) is 7.25. The lowest BCUT2D eigenvalue weighted by atomic mass is 9.78. The van der Waals surface area contributed by atoms with Gasteiger partial charge in [0.05, 0.1) is 6.10 Å². The van der Waals surface area contributed by atoms with Crippen molar-refractivity contribution >= 4 is 17.5 Å². The Bertz CT molecular complexity index is 502. The summed E-state index contributed by atoms with van der Waals surface area (Å²) < 4.78 is 13.1. The van der Waals surface area contributed by atoms with Gasteiger partial charge in [0.15, 0.2) is 0 Å². The molecule has 1 aromatic rings. The molecule has 1 aromatic carbocycles. The van der Waals surface area contributed by atoms with Crippen LogP contribution in [-0.2, 0) is 4.79 Å². The zero-order valence-corrected chi connectivity index (χ0v) is 12.3. The predicted molar refractivity (Wildman–Crippen MR) is 78.3 cm³/mol. The first-order chi connectivity index (χ1) is 9.60. The molecule has 3 rings (SSSR count). The number of carbonyl (C=O) groups excluding carboxylic acids is 1. The third-order valence-electron chi connectivity index (χ3n) is 4.56. The zero-order valence-electron chi connectivity index (χ0n) is 11.5. The highest BCUT2D eigenvalue weighted by Crippen LogP contribution is 2.53. The highest BCUT2D eigenvalue weighted by Gasteiger charge is 2.50. The Morgan fingerprint density at radius 2 is 2.05 bits per heavy atom. The third-order valence-corrected chi connectivity index (χ3v) is 6.25. The summed E-state index contributed by atoms with van der Waals surface area (Å²) in [5, 5.41) is 10.6. The summed E-state index contributed by atoms with van der Waals surface area (Å²) in [5.41, 5.74) is 1.03. The molecule has 0 aliphatic carbocycles. The zero-order chi connectivity index (χ0) is 14.3. The van der Waals surface area contributed by atoms with Crippen molar-refractivity contribution in [2.24, 2.45) is 5.92 Å². The Kier molecular flexibility index (Phi) is 3.87. The van der Waals surface area contributed by atoms with E-state index in [-0.39, 0.29) is 34.8 Å². The standard InChI is InChI=1S/C16H19FO2S/c1-2-13(18)15-12(9-3-5-10(17)6-4-9)7-11-8-14(19)16(15)20-11/h3-6,11-12,14-16,19H,2,7-8H2,1H3/t11?,12-,14?,15+,16-/m0/s1. The smallest absolute Gasteiger partial charge is 0.137 e. The van der Waals surface area contributed by atoms with E-state index in [1.54, 1.807) is 23.9 Å². The Morgan fingerprint density at radius 3 is 2.70 bits per heavy atom. The first-order valence-corrected chi connectivity index (χ1v) is 8.16. The molecule has 2 aliphatic heterocycles. The maximum atomic E-state index is 13.1. The van der Waals surface area contributed by atoms with Gasteiger partial charge in [-0.05, 0) is 36.5 Å². The predicted octanol–water partition coefficient (Wildman–Crippen LogP) is 3.14. The molecule has 2 bridgehead atoms. The fourth-order valence-corrected chi connectivity index (χ4v) is 5.48. The Morgan fingerprint density at radius 1 is 1.35 bits per heavy atom. The van der Waals surface area contributed by atoms with Crippen LogP contribution < -0.4 is 0 Å². The molecule has 2 unspecified atom stereocenters. The number of aliphatic hydroxyl groups excluding tert-OH is 1. The normalized spacial score (nSPS) is 36.0. The second-order valence-electron chi connectivity index (χ2n) is 5.77. The maximum absolute atomic E-state index is 13.1. The largest absolute Gasteiger partial charge is 0.392 e. The van der Waals surface area contributed by atoms with Crippen molar-refractivity contribution < 1.29 is 14.3 Å². The molecule has 108 valence electrons. The van der Waals surface area contributed by atoms with E-state index in [2.05, 4.69) is 0 Å². The van der Waals surface area contributed by atoms with E-state index in [4.69, 9.17) is 0 Å². The van der Waals surface area contributed by atoms with Gasteiger partial charge in [-0.25, -0.2) is 4.39 Å². The van der Waals surface area contributed by atoms with Crippen LogP contribution in [-0.4, -0.2) is 27.5 Å². The second kappa shape index (κ2) is 5.49. The highest BCUT2D eigenvalue weighted by atomic mass is 32.2. The first-order valence-electron chi connectivity index (χ1n) is 7.22. The van der Waals surface area contributed by atoms with Crippen molar-refractivity contribution in [3.63, 3.8) is 0 Å².